The van der Waals surface area contributed by atoms with Crippen molar-refractivity contribution < 1.29 is 13.6 Å². The van der Waals surface area contributed by atoms with Crippen LogP contribution in [-0.4, -0.2) is 37.7 Å². The SMILES string of the molecule is C=O.C[C@@H]1CCN(CC(F)F)C1. The van der Waals surface area contributed by atoms with Gasteiger partial charge in [-0.1, -0.05) is 6.92 Å². The fourth-order valence-corrected chi connectivity index (χ4v) is 1.39. The summed E-state index contributed by atoms with van der Waals surface area (Å²) in [5, 5.41) is 0. The van der Waals surface area contributed by atoms with Crippen molar-refractivity contribution in [1.82, 2.24) is 4.90 Å². The summed E-state index contributed by atoms with van der Waals surface area (Å²) in [7, 11) is 0. The molecule has 72 valence electrons. The van der Waals surface area contributed by atoms with E-state index < -0.39 is 6.43 Å². The Morgan fingerprint density at radius 3 is 2.50 bits per heavy atom. The van der Waals surface area contributed by atoms with Gasteiger partial charge in [0.1, 0.15) is 6.79 Å². The zero-order chi connectivity index (χ0) is 9.56. The number of carbonyl (C=O) groups excluding carboxylic acids is 1. The topological polar surface area (TPSA) is 20.3 Å². The van der Waals surface area contributed by atoms with E-state index in [1.165, 1.54) is 0 Å². The molecule has 12 heavy (non-hydrogen) atoms. The molecule has 1 atom stereocenters. The van der Waals surface area contributed by atoms with E-state index in [2.05, 4.69) is 6.92 Å². The third-order valence-electron chi connectivity index (χ3n) is 1.90. The lowest BCUT2D eigenvalue weighted by Crippen LogP contribution is -2.26. The van der Waals surface area contributed by atoms with Crippen LogP contribution >= 0.6 is 0 Å². The number of alkyl halides is 2. The van der Waals surface area contributed by atoms with Crippen LogP contribution in [-0.2, 0) is 4.79 Å². The Balaban J connectivity index is 0.000000561. The lowest BCUT2D eigenvalue weighted by Gasteiger charge is -2.13. The van der Waals surface area contributed by atoms with Gasteiger partial charge in [-0.15, -0.1) is 0 Å². The van der Waals surface area contributed by atoms with E-state index in [4.69, 9.17) is 4.79 Å². The van der Waals surface area contributed by atoms with Gasteiger partial charge in [-0.2, -0.15) is 0 Å². The summed E-state index contributed by atoms with van der Waals surface area (Å²) in [6.07, 6.45) is -1.09. The second-order valence-corrected chi connectivity index (χ2v) is 3.04. The van der Waals surface area contributed by atoms with Crippen LogP contribution in [0.2, 0.25) is 0 Å². The summed E-state index contributed by atoms with van der Waals surface area (Å²) in [4.78, 5) is 9.83. The number of halogens is 2. The second kappa shape index (κ2) is 6.06. The molecule has 0 aromatic heterocycles. The average molecular weight is 179 g/mol. The third-order valence-corrected chi connectivity index (χ3v) is 1.90. The van der Waals surface area contributed by atoms with Gasteiger partial charge in [0.2, 0.25) is 0 Å². The van der Waals surface area contributed by atoms with Gasteiger partial charge in [-0.3, -0.25) is 4.90 Å². The molecule has 1 aliphatic rings. The van der Waals surface area contributed by atoms with Gasteiger partial charge in [-0.05, 0) is 18.9 Å². The molecule has 0 bridgehead atoms. The van der Waals surface area contributed by atoms with Crippen molar-refractivity contribution in [3.8, 4) is 0 Å². The van der Waals surface area contributed by atoms with Crippen LogP contribution in [0.5, 0.6) is 0 Å². The molecule has 1 aliphatic heterocycles. The van der Waals surface area contributed by atoms with Crippen LogP contribution in [0.15, 0.2) is 0 Å². The molecule has 0 spiro atoms. The van der Waals surface area contributed by atoms with Gasteiger partial charge in [0.25, 0.3) is 6.43 Å². The number of hydrogen-bond acceptors (Lipinski definition) is 2. The Morgan fingerprint density at radius 1 is 1.58 bits per heavy atom. The molecule has 0 amide bonds. The smallest absolute Gasteiger partial charge is 0.251 e. The Kier molecular flexibility index (Phi) is 5.80. The normalized spacial score (nSPS) is 23.8. The van der Waals surface area contributed by atoms with Gasteiger partial charge in [0.05, 0.1) is 6.54 Å². The third kappa shape index (κ3) is 4.38. The first kappa shape index (κ1) is 11.5. The van der Waals surface area contributed by atoms with Gasteiger partial charge >= 0.3 is 0 Å². The highest BCUT2D eigenvalue weighted by Crippen LogP contribution is 2.15. The highest BCUT2D eigenvalue weighted by molar-refractivity contribution is 5.10. The van der Waals surface area contributed by atoms with Crippen molar-refractivity contribution in [3.05, 3.63) is 0 Å². The van der Waals surface area contributed by atoms with Crippen LogP contribution in [0.25, 0.3) is 0 Å². The first-order valence-electron chi connectivity index (χ1n) is 3.98. The van der Waals surface area contributed by atoms with Gasteiger partial charge in [0.15, 0.2) is 0 Å². The molecule has 1 heterocycles. The molecule has 1 rings (SSSR count). The van der Waals surface area contributed by atoms with Crippen molar-refractivity contribution >= 4 is 6.79 Å². The molecule has 0 saturated carbocycles. The molecule has 2 nitrogen and oxygen atoms in total. The zero-order valence-electron chi connectivity index (χ0n) is 7.30. The molecule has 0 aromatic rings. The van der Waals surface area contributed by atoms with Crippen molar-refractivity contribution in [2.75, 3.05) is 19.6 Å². The molecule has 0 radical (unpaired) electrons. The quantitative estimate of drug-likeness (QED) is 0.638. The maximum atomic E-state index is 11.8. The Morgan fingerprint density at radius 2 is 2.17 bits per heavy atom. The molecular weight excluding hydrogens is 164 g/mol. The van der Waals surface area contributed by atoms with E-state index in [1.807, 2.05) is 11.7 Å². The summed E-state index contributed by atoms with van der Waals surface area (Å²) in [6, 6.07) is 0. The fraction of sp³-hybridized carbons (Fsp3) is 0.875. The fourth-order valence-electron chi connectivity index (χ4n) is 1.39. The van der Waals surface area contributed by atoms with Gasteiger partial charge < -0.3 is 4.79 Å². The van der Waals surface area contributed by atoms with Crippen molar-refractivity contribution in [1.29, 1.82) is 0 Å². The average Bonchev–Trinajstić information content (AvgIpc) is 2.39. The van der Waals surface area contributed by atoms with E-state index in [-0.39, 0.29) is 6.54 Å². The summed E-state index contributed by atoms with van der Waals surface area (Å²) < 4.78 is 23.5. The molecule has 4 heteroatoms. The number of carbonyl (C=O) groups is 1. The summed E-state index contributed by atoms with van der Waals surface area (Å²) in [5.74, 6) is 0.610. The predicted octanol–water partition coefficient (Wildman–Crippen LogP) is 1.41. The van der Waals surface area contributed by atoms with Crippen LogP contribution < -0.4 is 0 Å². The van der Waals surface area contributed by atoms with E-state index in [0.717, 1.165) is 19.5 Å². The summed E-state index contributed by atoms with van der Waals surface area (Å²) in [5.41, 5.74) is 0. The minimum atomic E-state index is -2.16. The minimum absolute atomic E-state index is 0.0374. The van der Waals surface area contributed by atoms with E-state index in [0.29, 0.717) is 5.92 Å². The molecule has 0 N–H and O–H groups in total. The largest absolute Gasteiger partial charge is 0.307 e. The molecule has 0 aliphatic carbocycles. The Labute approximate surface area is 71.5 Å². The highest BCUT2D eigenvalue weighted by atomic mass is 19.3. The zero-order valence-corrected chi connectivity index (χ0v) is 7.30. The van der Waals surface area contributed by atoms with Gasteiger partial charge in [0, 0.05) is 6.54 Å². The van der Waals surface area contributed by atoms with Crippen LogP contribution in [0.3, 0.4) is 0 Å². The van der Waals surface area contributed by atoms with Gasteiger partial charge in [-0.25, -0.2) is 8.78 Å². The van der Waals surface area contributed by atoms with Crippen molar-refractivity contribution in [2.45, 2.75) is 19.8 Å². The predicted molar refractivity (Wildman–Crippen MR) is 43.3 cm³/mol. The highest BCUT2D eigenvalue weighted by Gasteiger charge is 2.20. The van der Waals surface area contributed by atoms with Crippen molar-refractivity contribution in [2.24, 2.45) is 5.92 Å². The summed E-state index contributed by atoms with van der Waals surface area (Å²) in [6.45, 7) is 5.77. The summed E-state index contributed by atoms with van der Waals surface area (Å²) >= 11 is 0. The minimum Gasteiger partial charge on any atom is -0.307 e. The molecule has 0 unspecified atom stereocenters. The number of likely N-dealkylation sites (tertiary alicyclic amines) is 1. The number of nitrogens with zero attached hydrogens (tertiary/aromatic N) is 1. The van der Waals surface area contributed by atoms with E-state index in [9.17, 15) is 8.78 Å². The first-order chi connectivity index (χ1) is 5.68. The molecule has 1 saturated heterocycles. The molecule has 1 fully saturated rings. The first-order valence-corrected chi connectivity index (χ1v) is 3.98. The lowest BCUT2D eigenvalue weighted by atomic mass is 10.2. The van der Waals surface area contributed by atoms with Crippen LogP contribution in [0, 0.1) is 5.92 Å². The van der Waals surface area contributed by atoms with Crippen LogP contribution in [0.4, 0.5) is 8.78 Å². The monoisotopic (exact) mass is 179 g/mol. The maximum Gasteiger partial charge on any atom is 0.251 e. The Bertz CT molecular complexity index is 122. The number of hydrogen-bond donors (Lipinski definition) is 0. The standard InChI is InChI=1S/C7H13F2N.CH2O/c1-6-2-3-10(4-6)5-7(8)9;1-2/h6-7H,2-5H2,1H3;1H2/t6-;/m1./s1. The second-order valence-electron chi connectivity index (χ2n) is 3.04. The number of rotatable bonds is 2. The Hall–Kier alpha value is -0.510. The molecular formula is C8H15F2NO. The van der Waals surface area contributed by atoms with E-state index in [1.54, 1.807) is 0 Å². The van der Waals surface area contributed by atoms with E-state index >= 15 is 0 Å². The lowest BCUT2D eigenvalue weighted by molar-refractivity contribution is -0.0979. The van der Waals surface area contributed by atoms with Crippen LogP contribution in [0.1, 0.15) is 13.3 Å². The maximum absolute atomic E-state index is 11.8. The van der Waals surface area contributed by atoms with Crippen molar-refractivity contribution in [3.63, 3.8) is 0 Å². The molecule has 0 aromatic carbocycles.